The van der Waals surface area contributed by atoms with Crippen LogP contribution in [-0.4, -0.2) is 45.0 Å². The molecule has 0 saturated heterocycles. The van der Waals surface area contributed by atoms with E-state index in [-0.39, 0.29) is 28.5 Å². The highest BCUT2D eigenvalue weighted by Gasteiger charge is 2.20. The molecule has 0 bridgehead atoms. The minimum Gasteiger partial charge on any atom is -0.493 e. The smallest absolute Gasteiger partial charge is 0.332 e. The molecule has 1 amide bonds. The van der Waals surface area contributed by atoms with E-state index in [4.69, 9.17) is 9.47 Å². The maximum absolute atomic E-state index is 13.1. The first-order valence-corrected chi connectivity index (χ1v) is 12.5. The Hall–Kier alpha value is -4.12. The number of nitrogens with zero attached hydrogens (tertiary/aromatic N) is 4. The summed E-state index contributed by atoms with van der Waals surface area (Å²) >= 11 is 1.10. The molecule has 0 saturated carbocycles. The Bertz CT molecular complexity index is 1590. The molecule has 0 spiro atoms. The summed E-state index contributed by atoms with van der Waals surface area (Å²) in [4.78, 5) is 47.6. The molecule has 11 heteroatoms. The molecule has 192 valence electrons. The third-order valence-electron chi connectivity index (χ3n) is 5.89. The van der Waals surface area contributed by atoms with Gasteiger partial charge >= 0.3 is 5.69 Å². The van der Waals surface area contributed by atoms with Gasteiger partial charge in [-0.2, -0.15) is 0 Å². The minimum absolute atomic E-state index is 0.000981. The van der Waals surface area contributed by atoms with Gasteiger partial charge in [0.2, 0.25) is 5.91 Å². The number of anilines is 1. The number of thioether (sulfide) groups is 1. The van der Waals surface area contributed by atoms with E-state index in [2.05, 4.69) is 22.2 Å². The molecule has 2 aromatic heterocycles. The van der Waals surface area contributed by atoms with Crippen molar-refractivity contribution in [1.29, 1.82) is 0 Å². The molecule has 37 heavy (non-hydrogen) atoms. The second-order valence-electron chi connectivity index (χ2n) is 8.21. The van der Waals surface area contributed by atoms with Gasteiger partial charge < -0.3 is 14.8 Å². The number of carbonyl (C=O) groups excluding carboxylic acids is 1. The van der Waals surface area contributed by atoms with E-state index in [1.165, 1.54) is 38.4 Å². The summed E-state index contributed by atoms with van der Waals surface area (Å²) in [6, 6.07) is 12.8. The van der Waals surface area contributed by atoms with Crippen molar-refractivity contribution in [3.8, 4) is 22.9 Å². The quantitative estimate of drug-likeness (QED) is 0.278. The fourth-order valence-corrected chi connectivity index (χ4v) is 4.61. The van der Waals surface area contributed by atoms with Crippen molar-refractivity contribution < 1.29 is 14.3 Å². The van der Waals surface area contributed by atoms with E-state index in [0.717, 1.165) is 22.7 Å². The number of fused-ring (bicyclic) bond motifs is 1. The molecule has 1 N–H and O–H groups in total. The van der Waals surface area contributed by atoms with Gasteiger partial charge in [0.25, 0.3) is 5.56 Å². The van der Waals surface area contributed by atoms with Gasteiger partial charge in [-0.3, -0.25) is 18.7 Å². The molecule has 0 aliphatic carbocycles. The van der Waals surface area contributed by atoms with Crippen LogP contribution in [0, 0.1) is 0 Å². The number of hydrogen-bond acceptors (Lipinski definition) is 8. The van der Waals surface area contributed by atoms with Crippen molar-refractivity contribution in [2.45, 2.75) is 18.4 Å². The van der Waals surface area contributed by atoms with E-state index in [0.29, 0.717) is 27.8 Å². The van der Waals surface area contributed by atoms with Crippen molar-refractivity contribution in [1.82, 2.24) is 19.1 Å². The van der Waals surface area contributed by atoms with Crippen LogP contribution in [0.15, 0.2) is 57.1 Å². The number of nitrogens with one attached hydrogen (secondary N) is 1. The molecular weight excluding hydrogens is 494 g/mol. The lowest BCUT2D eigenvalue weighted by Crippen LogP contribution is -2.37. The summed E-state index contributed by atoms with van der Waals surface area (Å²) in [5.41, 5.74) is 1.57. The summed E-state index contributed by atoms with van der Waals surface area (Å²) < 4.78 is 13.0. The van der Waals surface area contributed by atoms with Crippen LogP contribution in [0.2, 0.25) is 0 Å². The highest BCUT2D eigenvalue weighted by atomic mass is 32.2. The predicted molar refractivity (Wildman–Crippen MR) is 144 cm³/mol. The van der Waals surface area contributed by atoms with Crippen molar-refractivity contribution in [2.24, 2.45) is 14.1 Å². The first-order valence-electron chi connectivity index (χ1n) is 11.5. The van der Waals surface area contributed by atoms with Crippen LogP contribution in [0.5, 0.6) is 11.5 Å². The molecule has 2 heterocycles. The maximum Gasteiger partial charge on any atom is 0.332 e. The van der Waals surface area contributed by atoms with Crippen LogP contribution >= 0.6 is 11.8 Å². The number of rotatable bonds is 8. The zero-order chi connectivity index (χ0) is 26.7. The summed E-state index contributed by atoms with van der Waals surface area (Å²) in [5.74, 6) is 1.03. The molecule has 0 atom stereocenters. The topological polar surface area (TPSA) is 117 Å². The summed E-state index contributed by atoms with van der Waals surface area (Å²) in [5, 5.41) is 3.32. The zero-order valence-electron chi connectivity index (χ0n) is 21.2. The molecule has 4 rings (SSSR count). The lowest BCUT2D eigenvalue weighted by Gasteiger charge is -2.13. The zero-order valence-corrected chi connectivity index (χ0v) is 22.0. The number of amides is 1. The Morgan fingerprint density at radius 2 is 1.68 bits per heavy atom. The van der Waals surface area contributed by atoms with E-state index in [1.807, 2.05) is 24.3 Å². The number of methoxy groups -OCH3 is 2. The SMILES string of the molecule is CCc1ccc(NC(=O)CSc2nc(-c3ccc(OC)c(OC)c3)nc3c2c(=O)n(C)c(=O)n3C)cc1. The van der Waals surface area contributed by atoms with Crippen LogP contribution in [0.1, 0.15) is 12.5 Å². The molecule has 0 unspecified atom stereocenters. The lowest BCUT2D eigenvalue weighted by atomic mass is 10.1. The van der Waals surface area contributed by atoms with Crippen molar-refractivity contribution in [2.75, 3.05) is 25.3 Å². The van der Waals surface area contributed by atoms with Gasteiger partial charge in [-0.15, -0.1) is 0 Å². The third-order valence-corrected chi connectivity index (χ3v) is 6.87. The molecule has 10 nitrogen and oxygen atoms in total. The largest absolute Gasteiger partial charge is 0.493 e. The van der Waals surface area contributed by atoms with E-state index in [1.54, 1.807) is 18.2 Å². The Morgan fingerprint density at radius 3 is 2.32 bits per heavy atom. The van der Waals surface area contributed by atoms with Gasteiger partial charge in [-0.05, 0) is 42.3 Å². The van der Waals surface area contributed by atoms with Crippen molar-refractivity contribution in [3.63, 3.8) is 0 Å². The Labute approximate surface area is 217 Å². The van der Waals surface area contributed by atoms with E-state index < -0.39 is 11.2 Å². The number of aromatic nitrogens is 4. The standard InChI is InChI=1S/C26H27N5O5S/c1-6-15-7-10-17(11-8-15)27-20(32)14-37-24-21-23(30(2)26(34)31(3)25(21)33)28-22(29-24)16-9-12-18(35-4)19(13-16)36-5/h7-13H,6,14H2,1-5H3,(H,27,32). The molecule has 0 fully saturated rings. The summed E-state index contributed by atoms with van der Waals surface area (Å²) in [7, 11) is 5.99. The Balaban J connectivity index is 1.75. The normalized spacial score (nSPS) is 10.9. The summed E-state index contributed by atoms with van der Waals surface area (Å²) in [6.45, 7) is 2.06. The van der Waals surface area contributed by atoms with Gasteiger partial charge in [-0.1, -0.05) is 30.8 Å². The highest BCUT2D eigenvalue weighted by Crippen LogP contribution is 2.33. The van der Waals surface area contributed by atoms with E-state index >= 15 is 0 Å². The first kappa shape index (κ1) is 26.0. The van der Waals surface area contributed by atoms with Crippen molar-refractivity contribution >= 4 is 34.4 Å². The highest BCUT2D eigenvalue weighted by molar-refractivity contribution is 8.00. The van der Waals surface area contributed by atoms with Crippen LogP contribution in [0.25, 0.3) is 22.4 Å². The van der Waals surface area contributed by atoms with Crippen LogP contribution < -0.4 is 26.0 Å². The van der Waals surface area contributed by atoms with Gasteiger partial charge in [0.05, 0.1) is 20.0 Å². The third kappa shape index (κ3) is 5.21. The van der Waals surface area contributed by atoms with Crippen LogP contribution in [0.3, 0.4) is 0 Å². The minimum atomic E-state index is -0.532. The van der Waals surface area contributed by atoms with E-state index in [9.17, 15) is 14.4 Å². The van der Waals surface area contributed by atoms with Gasteiger partial charge in [0.15, 0.2) is 23.0 Å². The maximum atomic E-state index is 13.1. The average molecular weight is 522 g/mol. The number of carbonyl (C=O) groups is 1. The molecule has 2 aromatic carbocycles. The van der Waals surface area contributed by atoms with Gasteiger partial charge in [0, 0.05) is 25.3 Å². The molecule has 4 aromatic rings. The monoisotopic (exact) mass is 521 g/mol. The van der Waals surface area contributed by atoms with Gasteiger partial charge in [-0.25, -0.2) is 14.8 Å². The number of aryl methyl sites for hydroxylation is 2. The Kier molecular flexibility index (Phi) is 7.63. The Morgan fingerprint density at radius 1 is 0.973 bits per heavy atom. The number of ether oxygens (including phenoxy) is 2. The van der Waals surface area contributed by atoms with Gasteiger partial charge in [0.1, 0.15) is 10.4 Å². The molecular formula is C26H27N5O5S. The average Bonchev–Trinajstić information content (AvgIpc) is 2.93. The fourth-order valence-electron chi connectivity index (χ4n) is 3.79. The second-order valence-corrected chi connectivity index (χ2v) is 9.18. The summed E-state index contributed by atoms with van der Waals surface area (Å²) in [6.07, 6.45) is 0.907. The second kappa shape index (κ2) is 10.9. The lowest BCUT2D eigenvalue weighted by molar-refractivity contribution is -0.113. The fraction of sp³-hybridized carbons (Fsp3) is 0.269. The van der Waals surface area contributed by atoms with Crippen molar-refractivity contribution in [3.05, 3.63) is 68.9 Å². The number of hydrogen-bond donors (Lipinski definition) is 1. The van der Waals surface area contributed by atoms with Crippen LogP contribution in [0.4, 0.5) is 5.69 Å². The number of benzene rings is 2. The molecule has 0 radical (unpaired) electrons. The predicted octanol–water partition coefficient (Wildman–Crippen LogP) is 3.00. The molecule has 0 aliphatic rings. The van der Waals surface area contributed by atoms with Crippen LogP contribution in [-0.2, 0) is 25.3 Å². The first-order chi connectivity index (χ1) is 17.8. The molecule has 0 aliphatic heterocycles.